The highest BCUT2D eigenvalue weighted by atomic mass is 16.2. The summed E-state index contributed by atoms with van der Waals surface area (Å²) in [7, 11) is 0. The Morgan fingerprint density at radius 2 is 2.00 bits per heavy atom. The molecular weight excluding hydrogens is 326 g/mol. The van der Waals surface area contributed by atoms with Gasteiger partial charge in [0.25, 0.3) is 0 Å². The maximum Gasteiger partial charge on any atom is 0.244 e. The van der Waals surface area contributed by atoms with Crippen molar-refractivity contribution in [3.05, 3.63) is 52.8 Å². The Kier molecular flexibility index (Phi) is 5.38. The number of hydrogen-bond donors (Lipinski definition) is 0. The third-order valence-electron chi connectivity index (χ3n) is 4.91. The first-order valence-electron chi connectivity index (χ1n) is 8.98. The van der Waals surface area contributed by atoms with Gasteiger partial charge in [0.05, 0.1) is 17.3 Å². The van der Waals surface area contributed by atoms with Crippen molar-refractivity contribution in [3.8, 4) is 6.07 Å². The minimum absolute atomic E-state index is 0.127. The fraction of sp³-hybridized carbons (Fsp3) is 0.450. The van der Waals surface area contributed by atoms with Crippen LogP contribution < -0.4 is 0 Å². The van der Waals surface area contributed by atoms with Crippen LogP contribution in [0.4, 0.5) is 0 Å². The van der Waals surface area contributed by atoms with E-state index in [0.717, 1.165) is 37.6 Å². The van der Waals surface area contributed by atoms with Gasteiger partial charge in [-0.1, -0.05) is 12.1 Å². The largest absolute Gasteiger partial charge is 0.336 e. The molecule has 0 bridgehead atoms. The number of aromatic nitrogens is 2. The highest BCUT2D eigenvalue weighted by Crippen LogP contribution is 2.15. The topological polar surface area (TPSA) is 65.2 Å². The average molecular weight is 351 g/mol. The lowest BCUT2D eigenvalue weighted by molar-refractivity contribution is -0.136. The number of nitriles is 1. The van der Waals surface area contributed by atoms with E-state index in [-0.39, 0.29) is 11.9 Å². The molecule has 1 amide bonds. The van der Waals surface area contributed by atoms with Crippen molar-refractivity contribution in [1.82, 2.24) is 19.6 Å². The highest BCUT2D eigenvalue weighted by Gasteiger charge is 2.27. The van der Waals surface area contributed by atoms with Crippen LogP contribution in [-0.4, -0.2) is 51.2 Å². The van der Waals surface area contributed by atoms with Crippen LogP contribution in [0, 0.1) is 25.2 Å². The van der Waals surface area contributed by atoms with E-state index < -0.39 is 0 Å². The predicted octanol–water partition coefficient (Wildman–Crippen LogP) is 2.10. The Morgan fingerprint density at radius 3 is 2.58 bits per heavy atom. The van der Waals surface area contributed by atoms with Crippen LogP contribution in [0.5, 0.6) is 0 Å². The first-order chi connectivity index (χ1) is 12.5. The lowest BCUT2D eigenvalue weighted by Gasteiger charge is -2.40. The van der Waals surface area contributed by atoms with E-state index in [9.17, 15) is 4.79 Å². The van der Waals surface area contributed by atoms with Crippen LogP contribution in [0.15, 0.2) is 30.3 Å². The molecule has 1 aromatic heterocycles. The molecule has 26 heavy (non-hydrogen) atoms. The summed E-state index contributed by atoms with van der Waals surface area (Å²) in [6.07, 6.45) is 0. The van der Waals surface area contributed by atoms with E-state index in [2.05, 4.69) is 23.0 Å². The Labute approximate surface area is 154 Å². The van der Waals surface area contributed by atoms with E-state index >= 15 is 0 Å². The molecule has 6 nitrogen and oxygen atoms in total. The molecule has 0 unspecified atom stereocenters. The normalized spacial score (nSPS) is 17.9. The van der Waals surface area contributed by atoms with Crippen molar-refractivity contribution >= 4 is 5.91 Å². The van der Waals surface area contributed by atoms with Gasteiger partial charge in [-0.25, -0.2) is 0 Å². The van der Waals surface area contributed by atoms with Crippen LogP contribution in [0.1, 0.15) is 29.4 Å². The molecule has 2 heterocycles. The van der Waals surface area contributed by atoms with Crippen LogP contribution in [-0.2, 0) is 17.9 Å². The summed E-state index contributed by atoms with van der Waals surface area (Å²) in [5.74, 6) is 0.127. The second kappa shape index (κ2) is 7.71. The molecule has 1 fully saturated rings. The molecule has 1 atom stereocenters. The molecule has 6 heteroatoms. The number of nitrogens with zero attached hydrogens (tertiary/aromatic N) is 5. The summed E-state index contributed by atoms with van der Waals surface area (Å²) in [5, 5.41) is 13.3. The van der Waals surface area contributed by atoms with E-state index in [0.29, 0.717) is 12.1 Å². The van der Waals surface area contributed by atoms with Crippen molar-refractivity contribution in [2.24, 2.45) is 0 Å². The van der Waals surface area contributed by atoms with Gasteiger partial charge in [0.2, 0.25) is 5.91 Å². The monoisotopic (exact) mass is 351 g/mol. The maximum absolute atomic E-state index is 12.7. The fourth-order valence-electron chi connectivity index (χ4n) is 3.54. The molecule has 2 aromatic rings. The molecule has 0 N–H and O–H groups in total. The molecule has 0 saturated carbocycles. The van der Waals surface area contributed by atoms with Gasteiger partial charge in [0, 0.05) is 37.9 Å². The van der Waals surface area contributed by atoms with Crippen LogP contribution in [0.2, 0.25) is 0 Å². The van der Waals surface area contributed by atoms with Crippen molar-refractivity contribution in [3.63, 3.8) is 0 Å². The van der Waals surface area contributed by atoms with Gasteiger partial charge in [-0.15, -0.1) is 0 Å². The Morgan fingerprint density at radius 1 is 1.27 bits per heavy atom. The lowest BCUT2D eigenvalue weighted by Crippen LogP contribution is -2.54. The standard InChI is InChI=1S/C20H25N5O/c1-15-10-16(2)25(22-15)14-20(26)24-9-8-23(12-17(24)3)13-19-6-4-18(11-21)5-7-19/h4-7,10,17H,8-9,12-14H2,1-3H3/t17-/m1/s1. The number of aryl methyl sites for hydroxylation is 2. The number of carbonyl (C=O) groups is 1. The minimum atomic E-state index is 0.127. The van der Waals surface area contributed by atoms with E-state index in [1.807, 2.05) is 49.1 Å². The van der Waals surface area contributed by atoms with Gasteiger partial charge in [-0.05, 0) is 44.5 Å². The Bertz CT molecular complexity index is 818. The predicted molar refractivity (Wildman–Crippen MR) is 99.3 cm³/mol. The zero-order valence-electron chi connectivity index (χ0n) is 15.6. The van der Waals surface area contributed by atoms with Crippen LogP contribution in [0.3, 0.4) is 0 Å². The fourth-order valence-corrected chi connectivity index (χ4v) is 3.54. The molecule has 1 aromatic carbocycles. The number of carbonyl (C=O) groups excluding carboxylic acids is 1. The van der Waals surface area contributed by atoms with Crippen LogP contribution in [0.25, 0.3) is 0 Å². The van der Waals surface area contributed by atoms with Crippen molar-refractivity contribution in [1.29, 1.82) is 5.26 Å². The molecule has 0 aliphatic carbocycles. The quantitative estimate of drug-likeness (QED) is 0.846. The second-order valence-electron chi connectivity index (χ2n) is 7.06. The smallest absolute Gasteiger partial charge is 0.244 e. The lowest BCUT2D eigenvalue weighted by atomic mass is 10.1. The number of rotatable bonds is 4. The summed E-state index contributed by atoms with van der Waals surface area (Å²) in [6, 6.07) is 12.0. The molecule has 1 saturated heterocycles. The van der Waals surface area contributed by atoms with Gasteiger partial charge in [-0.2, -0.15) is 10.4 Å². The third-order valence-corrected chi connectivity index (χ3v) is 4.91. The average Bonchev–Trinajstić information content (AvgIpc) is 2.92. The van der Waals surface area contributed by atoms with E-state index in [1.165, 1.54) is 5.56 Å². The molecule has 0 radical (unpaired) electrons. The van der Waals surface area contributed by atoms with Gasteiger partial charge in [0.15, 0.2) is 0 Å². The zero-order chi connectivity index (χ0) is 18.7. The number of hydrogen-bond acceptors (Lipinski definition) is 4. The molecule has 1 aliphatic rings. The SMILES string of the molecule is Cc1cc(C)n(CC(=O)N2CCN(Cc3ccc(C#N)cc3)C[C@H]2C)n1. The maximum atomic E-state index is 12.7. The first kappa shape index (κ1) is 18.2. The van der Waals surface area contributed by atoms with Crippen molar-refractivity contribution in [2.75, 3.05) is 19.6 Å². The highest BCUT2D eigenvalue weighted by molar-refractivity contribution is 5.76. The summed E-state index contributed by atoms with van der Waals surface area (Å²) in [6.45, 7) is 9.61. The summed E-state index contributed by atoms with van der Waals surface area (Å²) < 4.78 is 1.79. The summed E-state index contributed by atoms with van der Waals surface area (Å²) in [4.78, 5) is 17.0. The molecule has 136 valence electrons. The Balaban J connectivity index is 1.56. The number of piperazine rings is 1. The molecule has 3 rings (SSSR count). The molecule has 1 aliphatic heterocycles. The summed E-state index contributed by atoms with van der Waals surface area (Å²) >= 11 is 0. The van der Waals surface area contributed by atoms with Crippen molar-refractivity contribution < 1.29 is 4.79 Å². The zero-order valence-corrected chi connectivity index (χ0v) is 15.6. The molecule has 0 spiro atoms. The summed E-state index contributed by atoms with van der Waals surface area (Å²) in [5.41, 5.74) is 3.83. The molecular formula is C20H25N5O. The van der Waals surface area contributed by atoms with Gasteiger partial charge in [0.1, 0.15) is 6.54 Å². The first-order valence-corrected chi connectivity index (χ1v) is 8.98. The Hall–Kier alpha value is -2.65. The van der Waals surface area contributed by atoms with Gasteiger partial charge < -0.3 is 4.90 Å². The van der Waals surface area contributed by atoms with Gasteiger partial charge in [-0.3, -0.25) is 14.4 Å². The third kappa shape index (κ3) is 4.12. The van der Waals surface area contributed by atoms with Gasteiger partial charge >= 0.3 is 0 Å². The second-order valence-corrected chi connectivity index (χ2v) is 7.06. The van der Waals surface area contributed by atoms with E-state index in [4.69, 9.17) is 5.26 Å². The number of benzene rings is 1. The van der Waals surface area contributed by atoms with E-state index in [1.54, 1.807) is 4.68 Å². The number of amides is 1. The minimum Gasteiger partial charge on any atom is -0.336 e. The van der Waals surface area contributed by atoms with Crippen LogP contribution >= 0.6 is 0 Å². The van der Waals surface area contributed by atoms with Crippen molar-refractivity contribution in [2.45, 2.75) is 39.9 Å².